The molecular weight excluding hydrogens is 388 g/mol. The molecule has 1 unspecified atom stereocenters. The van der Waals surface area contributed by atoms with Gasteiger partial charge in [0.25, 0.3) is 5.91 Å². The highest BCUT2D eigenvalue weighted by Crippen LogP contribution is 2.26. The molecule has 6 heteroatoms. The molecule has 2 aromatic carbocycles. The average Bonchev–Trinajstić information content (AvgIpc) is 3.15. The maximum Gasteiger partial charge on any atom is 0.326 e. The van der Waals surface area contributed by atoms with Crippen molar-refractivity contribution in [3.63, 3.8) is 0 Å². The van der Waals surface area contributed by atoms with Gasteiger partial charge in [0, 0.05) is 36.1 Å². The molecule has 1 atom stereocenters. The minimum Gasteiger partial charge on any atom is -0.350 e. The van der Waals surface area contributed by atoms with Gasteiger partial charge in [-0.05, 0) is 81.1 Å². The zero-order valence-electron chi connectivity index (χ0n) is 18.3. The van der Waals surface area contributed by atoms with Gasteiger partial charge in [-0.15, -0.1) is 0 Å². The summed E-state index contributed by atoms with van der Waals surface area (Å²) in [6, 6.07) is 15.5. The van der Waals surface area contributed by atoms with Crippen molar-refractivity contribution < 1.29 is 9.59 Å². The topological polar surface area (TPSA) is 64.7 Å². The molecule has 6 nitrogen and oxygen atoms in total. The molecule has 0 aliphatic carbocycles. The van der Waals surface area contributed by atoms with Crippen molar-refractivity contribution in [1.82, 2.24) is 10.2 Å². The highest BCUT2D eigenvalue weighted by atomic mass is 16.2. The van der Waals surface area contributed by atoms with Gasteiger partial charge in [0.15, 0.2) is 0 Å². The largest absolute Gasteiger partial charge is 0.350 e. The number of hydrogen-bond acceptors (Lipinski definition) is 3. The summed E-state index contributed by atoms with van der Waals surface area (Å²) in [6.07, 6.45) is 5.41. The molecular formula is C25H32N4O2. The Morgan fingerprint density at radius 3 is 2.61 bits per heavy atom. The molecule has 0 spiro atoms. The molecule has 1 saturated heterocycles. The zero-order valence-corrected chi connectivity index (χ0v) is 18.3. The van der Waals surface area contributed by atoms with Gasteiger partial charge in [0.2, 0.25) is 0 Å². The second-order valence-electron chi connectivity index (χ2n) is 8.38. The summed E-state index contributed by atoms with van der Waals surface area (Å²) in [5.74, 6) is -0.0673. The van der Waals surface area contributed by atoms with E-state index in [-0.39, 0.29) is 11.9 Å². The van der Waals surface area contributed by atoms with E-state index in [2.05, 4.69) is 28.5 Å². The number of aryl methyl sites for hydroxylation is 1. The molecule has 2 aliphatic rings. The summed E-state index contributed by atoms with van der Waals surface area (Å²) in [6.45, 7) is 5.69. The van der Waals surface area contributed by atoms with Crippen molar-refractivity contribution in [3.8, 4) is 0 Å². The lowest BCUT2D eigenvalue weighted by molar-refractivity contribution is 0.0941. The molecule has 0 radical (unpaired) electrons. The molecule has 0 bridgehead atoms. The molecule has 2 aliphatic heterocycles. The van der Waals surface area contributed by atoms with E-state index in [0.717, 1.165) is 44.5 Å². The van der Waals surface area contributed by atoms with Crippen LogP contribution >= 0.6 is 0 Å². The number of urea groups is 1. The molecule has 164 valence electrons. The Hall–Kier alpha value is -2.86. The van der Waals surface area contributed by atoms with E-state index in [4.69, 9.17) is 0 Å². The van der Waals surface area contributed by atoms with Gasteiger partial charge in [0.1, 0.15) is 0 Å². The monoisotopic (exact) mass is 420 g/mol. The standard InChI is InChI=1S/C25H32N4O2/c1-2-28-16-7-10-22(28)18-26-24(30)20-12-14-21(15-13-20)27-25(31)29-17-6-5-9-19-8-3-4-11-23(19)29/h3-4,8,11-15,22H,2,5-7,9-10,16-18H2,1H3,(H,26,30)(H,27,31). The third-order valence-corrected chi connectivity index (χ3v) is 6.41. The van der Waals surface area contributed by atoms with Crippen LogP contribution in [0.5, 0.6) is 0 Å². The number of hydrogen-bond donors (Lipinski definition) is 2. The Morgan fingerprint density at radius 1 is 1.00 bits per heavy atom. The van der Waals surface area contributed by atoms with Gasteiger partial charge < -0.3 is 10.6 Å². The van der Waals surface area contributed by atoms with E-state index in [9.17, 15) is 9.59 Å². The number of anilines is 2. The number of nitrogens with one attached hydrogen (secondary N) is 2. The van der Waals surface area contributed by atoms with Crippen molar-refractivity contribution in [1.29, 1.82) is 0 Å². The zero-order chi connectivity index (χ0) is 21.6. The molecule has 0 aromatic heterocycles. The highest BCUT2D eigenvalue weighted by Gasteiger charge is 2.23. The molecule has 0 saturated carbocycles. The number of rotatable bonds is 5. The highest BCUT2D eigenvalue weighted by molar-refractivity contribution is 6.02. The first-order valence-corrected chi connectivity index (χ1v) is 11.4. The number of fused-ring (bicyclic) bond motifs is 1. The third-order valence-electron chi connectivity index (χ3n) is 6.41. The molecule has 2 heterocycles. The van der Waals surface area contributed by atoms with Crippen LogP contribution in [0.1, 0.15) is 48.5 Å². The van der Waals surface area contributed by atoms with Crippen LogP contribution in [0.2, 0.25) is 0 Å². The fourth-order valence-electron chi connectivity index (χ4n) is 4.65. The SMILES string of the molecule is CCN1CCCC1CNC(=O)c1ccc(NC(=O)N2CCCCc3ccccc32)cc1. The number of carbonyl (C=O) groups is 2. The lowest BCUT2D eigenvalue weighted by atomic mass is 10.1. The van der Waals surface area contributed by atoms with Gasteiger partial charge in [-0.25, -0.2) is 4.79 Å². The van der Waals surface area contributed by atoms with E-state index >= 15 is 0 Å². The predicted octanol–water partition coefficient (Wildman–Crippen LogP) is 4.28. The first-order valence-electron chi connectivity index (χ1n) is 11.4. The normalized spacial score (nSPS) is 18.9. The number of amides is 3. The predicted molar refractivity (Wildman–Crippen MR) is 125 cm³/mol. The maximum atomic E-state index is 12.9. The Morgan fingerprint density at radius 2 is 1.81 bits per heavy atom. The summed E-state index contributed by atoms with van der Waals surface area (Å²) < 4.78 is 0. The van der Waals surface area contributed by atoms with Crippen LogP contribution in [0.4, 0.5) is 16.2 Å². The smallest absolute Gasteiger partial charge is 0.326 e. The quantitative estimate of drug-likeness (QED) is 0.759. The van der Waals surface area contributed by atoms with E-state index < -0.39 is 0 Å². The summed E-state index contributed by atoms with van der Waals surface area (Å²) in [4.78, 5) is 29.7. The van der Waals surface area contributed by atoms with Crippen molar-refractivity contribution in [2.24, 2.45) is 0 Å². The second-order valence-corrected chi connectivity index (χ2v) is 8.38. The molecule has 4 rings (SSSR count). The Kier molecular flexibility index (Phi) is 6.87. The van der Waals surface area contributed by atoms with Gasteiger partial charge in [-0.1, -0.05) is 25.1 Å². The lowest BCUT2D eigenvalue weighted by Crippen LogP contribution is -2.40. The Bertz CT molecular complexity index is 912. The van der Waals surface area contributed by atoms with E-state index in [1.807, 2.05) is 23.1 Å². The fraction of sp³-hybridized carbons (Fsp3) is 0.440. The lowest BCUT2D eigenvalue weighted by Gasteiger charge is -2.23. The molecule has 2 N–H and O–H groups in total. The summed E-state index contributed by atoms with van der Waals surface area (Å²) in [5, 5.41) is 6.04. The van der Waals surface area contributed by atoms with E-state index in [1.165, 1.54) is 12.0 Å². The minimum absolute atomic E-state index is 0.0673. The Balaban J connectivity index is 1.35. The van der Waals surface area contributed by atoms with Gasteiger partial charge in [-0.3, -0.25) is 14.6 Å². The molecule has 3 amide bonds. The van der Waals surface area contributed by atoms with Gasteiger partial charge in [0.05, 0.1) is 0 Å². The van der Waals surface area contributed by atoms with Crippen LogP contribution in [0.25, 0.3) is 0 Å². The number of likely N-dealkylation sites (N-methyl/N-ethyl adjacent to an activating group) is 1. The second kappa shape index (κ2) is 9.96. The van der Waals surface area contributed by atoms with E-state index in [0.29, 0.717) is 30.4 Å². The number of benzene rings is 2. The van der Waals surface area contributed by atoms with Crippen LogP contribution in [0, 0.1) is 0 Å². The van der Waals surface area contributed by atoms with Gasteiger partial charge >= 0.3 is 6.03 Å². The van der Waals surface area contributed by atoms with Crippen molar-refractivity contribution in [3.05, 3.63) is 59.7 Å². The maximum absolute atomic E-state index is 12.9. The molecule has 31 heavy (non-hydrogen) atoms. The Labute approximate surface area is 184 Å². The third kappa shape index (κ3) is 5.07. The number of likely N-dealkylation sites (tertiary alicyclic amines) is 1. The van der Waals surface area contributed by atoms with Crippen molar-refractivity contribution in [2.75, 3.05) is 36.4 Å². The molecule has 2 aromatic rings. The first kappa shape index (κ1) is 21.4. The summed E-state index contributed by atoms with van der Waals surface area (Å²) in [5.41, 5.74) is 3.50. The van der Waals surface area contributed by atoms with Crippen LogP contribution < -0.4 is 15.5 Å². The number of carbonyl (C=O) groups excluding carboxylic acids is 2. The molecule has 1 fully saturated rings. The fourth-order valence-corrected chi connectivity index (χ4v) is 4.65. The first-order chi connectivity index (χ1) is 15.2. The average molecular weight is 421 g/mol. The van der Waals surface area contributed by atoms with E-state index in [1.54, 1.807) is 24.3 Å². The summed E-state index contributed by atoms with van der Waals surface area (Å²) in [7, 11) is 0. The number of nitrogens with zero attached hydrogens (tertiary/aromatic N) is 2. The van der Waals surface area contributed by atoms with Crippen molar-refractivity contribution in [2.45, 2.75) is 45.1 Å². The minimum atomic E-state index is -0.132. The van der Waals surface area contributed by atoms with Gasteiger partial charge in [-0.2, -0.15) is 0 Å². The van der Waals surface area contributed by atoms with Crippen molar-refractivity contribution >= 4 is 23.3 Å². The van der Waals surface area contributed by atoms with Crippen LogP contribution in [0.3, 0.4) is 0 Å². The number of para-hydroxylation sites is 1. The summed E-state index contributed by atoms with van der Waals surface area (Å²) >= 11 is 0. The van der Waals surface area contributed by atoms with Crippen LogP contribution in [0.15, 0.2) is 48.5 Å². The van der Waals surface area contributed by atoms with Crippen LogP contribution in [-0.4, -0.2) is 49.1 Å². The van der Waals surface area contributed by atoms with Crippen LogP contribution in [-0.2, 0) is 6.42 Å².